The zero-order chi connectivity index (χ0) is 22.6. The average molecular weight is 476 g/mol. The molecule has 1 fully saturated rings. The normalized spacial score (nSPS) is 13.7. The van der Waals surface area contributed by atoms with Crippen molar-refractivity contribution < 1.29 is 47.3 Å². The van der Waals surface area contributed by atoms with E-state index < -0.39 is 10.1 Å². The number of hydrogen-bond acceptors (Lipinski definition) is 10. The third-order valence-electron chi connectivity index (χ3n) is 4.71. The molecule has 3 aromatic rings. The van der Waals surface area contributed by atoms with E-state index >= 15 is 0 Å². The topological polar surface area (TPSA) is 132 Å². The van der Waals surface area contributed by atoms with Gasteiger partial charge in [0.25, 0.3) is 0 Å². The molecule has 2 heterocycles. The van der Waals surface area contributed by atoms with Gasteiger partial charge in [-0.15, -0.1) is 0 Å². The number of ether oxygens (including phenoxy) is 1. The maximum Gasteiger partial charge on any atom is 1.00 e. The molecule has 33 heavy (non-hydrogen) atoms. The van der Waals surface area contributed by atoms with E-state index in [1.807, 2.05) is 35.2 Å². The van der Waals surface area contributed by atoms with Gasteiger partial charge < -0.3 is 24.8 Å². The van der Waals surface area contributed by atoms with Gasteiger partial charge in [0.15, 0.2) is 0 Å². The van der Waals surface area contributed by atoms with Crippen LogP contribution in [0, 0.1) is 0 Å². The smallest absolute Gasteiger partial charge is 0.744 e. The van der Waals surface area contributed by atoms with Gasteiger partial charge in [-0.05, 0) is 29.8 Å². The van der Waals surface area contributed by atoms with Gasteiger partial charge in [0.05, 0.1) is 18.1 Å². The summed E-state index contributed by atoms with van der Waals surface area (Å²) in [7, 11) is -4.68. The first-order valence-electron chi connectivity index (χ1n) is 9.82. The Morgan fingerprint density at radius 3 is 2.21 bits per heavy atom. The molecule has 0 unspecified atom stereocenters. The van der Waals surface area contributed by atoms with Crippen molar-refractivity contribution in [3.63, 3.8) is 0 Å². The summed E-state index contributed by atoms with van der Waals surface area (Å²) < 4.78 is 40.3. The van der Waals surface area contributed by atoms with E-state index in [2.05, 4.69) is 32.2 Å². The molecule has 1 saturated heterocycles. The number of para-hydroxylation sites is 1. The van der Waals surface area contributed by atoms with Crippen LogP contribution in [-0.2, 0) is 14.9 Å². The molecule has 1 aliphatic heterocycles. The molecule has 0 amide bonds. The first kappa shape index (κ1) is 25.1. The van der Waals surface area contributed by atoms with Gasteiger partial charge in [-0.25, -0.2) is 8.42 Å². The van der Waals surface area contributed by atoms with Crippen molar-refractivity contribution in [2.45, 2.75) is 4.90 Å². The fourth-order valence-electron chi connectivity index (χ4n) is 3.16. The summed E-state index contributed by atoms with van der Waals surface area (Å²) in [4.78, 5) is 15.0. The SMILES string of the molecule is C=Cc1ccc(Nc2nc(Nc3ccccc3)nc(N3CCOCC3)n2)cc1S(=O)(=O)[O-].[Na+]. The second kappa shape index (κ2) is 11.1. The van der Waals surface area contributed by atoms with Gasteiger partial charge in [0.2, 0.25) is 17.8 Å². The van der Waals surface area contributed by atoms with Crippen molar-refractivity contribution in [1.29, 1.82) is 0 Å². The zero-order valence-corrected chi connectivity index (χ0v) is 20.9. The molecule has 0 saturated carbocycles. The summed E-state index contributed by atoms with van der Waals surface area (Å²) in [6.07, 6.45) is 1.32. The van der Waals surface area contributed by atoms with Gasteiger partial charge in [0.1, 0.15) is 10.1 Å². The summed E-state index contributed by atoms with van der Waals surface area (Å²) in [6, 6.07) is 13.8. The van der Waals surface area contributed by atoms with E-state index in [0.717, 1.165) is 5.69 Å². The molecule has 12 heteroatoms. The molecule has 2 aromatic carbocycles. The van der Waals surface area contributed by atoms with Crippen molar-refractivity contribution in [2.75, 3.05) is 41.8 Å². The first-order valence-corrected chi connectivity index (χ1v) is 11.2. The number of rotatable bonds is 7. The Hall–Kier alpha value is -2.54. The van der Waals surface area contributed by atoms with Crippen molar-refractivity contribution >= 4 is 45.4 Å². The van der Waals surface area contributed by atoms with E-state index in [9.17, 15) is 13.0 Å². The van der Waals surface area contributed by atoms with Crippen LogP contribution in [0.3, 0.4) is 0 Å². The Bertz CT molecular complexity index is 1220. The van der Waals surface area contributed by atoms with Crippen LogP contribution in [0.4, 0.5) is 29.2 Å². The van der Waals surface area contributed by atoms with Crippen LogP contribution in [0.5, 0.6) is 0 Å². The molecule has 1 aliphatic rings. The molecule has 2 N–H and O–H groups in total. The number of anilines is 5. The van der Waals surface area contributed by atoms with Crippen LogP contribution in [-0.4, -0.2) is 54.2 Å². The van der Waals surface area contributed by atoms with E-state index in [-0.39, 0.29) is 46.0 Å². The number of nitrogens with one attached hydrogen (secondary N) is 2. The summed E-state index contributed by atoms with van der Waals surface area (Å²) >= 11 is 0. The Kier molecular flexibility index (Phi) is 8.40. The number of morpholine rings is 1. The van der Waals surface area contributed by atoms with Gasteiger partial charge in [-0.3, -0.25) is 0 Å². The standard InChI is InChI=1S/C21H22N6O4S.Na/c1-2-15-8-9-17(14-18(15)32(28,29)30)23-20-24-19(22-16-6-4-3-5-7-16)25-21(26-20)27-10-12-31-13-11-27;/h2-9,14H,1,10-13H2,(H,28,29,30)(H2,22,23,24,25,26);/q;+1/p-1. The molecule has 0 spiro atoms. The third-order valence-corrected chi connectivity index (χ3v) is 5.60. The summed E-state index contributed by atoms with van der Waals surface area (Å²) in [5, 5.41) is 6.12. The van der Waals surface area contributed by atoms with E-state index in [4.69, 9.17) is 4.74 Å². The van der Waals surface area contributed by atoms with Crippen molar-refractivity contribution in [1.82, 2.24) is 15.0 Å². The van der Waals surface area contributed by atoms with Crippen molar-refractivity contribution in [3.8, 4) is 0 Å². The van der Waals surface area contributed by atoms with Crippen LogP contribution in [0.15, 0.2) is 60.0 Å². The van der Waals surface area contributed by atoms with Gasteiger partial charge >= 0.3 is 29.6 Å². The average Bonchev–Trinajstić information content (AvgIpc) is 2.79. The van der Waals surface area contributed by atoms with E-state index in [1.54, 1.807) is 6.07 Å². The first-order chi connectivity index (χ1) is 15.4. The molecule has 10 nitrogen and oxygen atoms in total. The van der Waals surface area contributed by atoms with Gasteiger partial charge in [-0.2, -0.15) is 15.0 Å². The molecule has 0 bridgehead atoms. The molecule has 1 aromatic heterocycles. The minimum Gasteiger partial charge on any atom is -0.744 e. The number of aromatic nitrogens is 3. The number of nitrogens with zero attached hydrogens (tertiary/aromatic N) is 4. The molecule has 4 rings (SSSR count). The van der Waals surface area contributed by atoms with Crippen LogP contribution >= 0.6 is 0 Å². The Morgan fingerprint density at radius 1 is 0.970 bits per heavy atom. The van der Waals surface area contributed by atoms with Crippen molar-refractivity contribution in [2.24, 2.45) is 0 Å². The second-order valence-corrected chi connectivity index (χ2v) is 8.26. The Morgan fingerprint density at radius 2 is 1.61 bits per heavy atom. The van der Waals surface area contributed by atoms with Crippen LogP contribution in [0.2, 0.25) is 0 Å². The third kappa shape index (κ3) is 6.50. The fourth-order valence-corrected chi connectivity index (χ4v) is 3.87. The number of benzene rings is 2. The maximum atomic E-state index is 11.6. The monoisotopic (exact) mass is 476 g/mol. The molecular formula is C21H21N6NaO4S. The van der Waals surface area contributed by atoms with E-state index in [1.165, 1.54) is 18.2 Å². The van der Waals surface area contributed by atoms with Crippen molar-refractivity contribution in [3.05, 3.63) is 60.7 Å². The van der Waals surface area contributed by atoms with Crippen LogP contribution in [0.1, 0.15) is 5.56 Å². The Balaban J connectivity index is 0.00000306. The zero-order valence-electron chi connectivity index (χ0n) is 18.1. The minimum absolute atomic E-state index is 0. The van der Waals surface area contributed by atoms with Crippen LogP contribution in [0.25, 0.3) is 6.08 Å². The van der Waals surface area contributed by atoms with Gasteiger partial charge in [0, 0.05) is 24.5 Å². The summed E-state index contributed by atoms with van der Waals surface area (Å²) in [5.74, 6) is 0.957. The summed E-state index contributed by atoms with van der Waals surface area (Å²) in [5.41, 5.74) is 1.36. The van der Waals surface area contributed by atoms with Crippen LogP contribution < -0.4 is 45.1 Å². The fraction of sp³-hybridized carbons (Fsp3) is 0.190. The molecule has 166 valence electrons. The minimum atomic E-state index is -4.68. The number of hydrogen-bond donors (Lipinski definition) is 2. The predicted octanol–water partition coefficient (Wildman–Crippen LogP) is -0.253. The quantitative estimate of drug-likeness (QED) is 0.347. The molecule has 0 atom stereocenters. The Labute approximate surface area is 214 Å². The second-order valence-electron chi connectivity index (χ2n) is 6.91. The van der Waals surface area contributed by atoms with Gasteiger partial charge in [-0.1, -0.05) is 36.9 Å². The maximum absolute atomic E-state index is 11.6. The molecule has 0 radical (unpaired) electrons. The predicted molar refractivity (Wildman–Crippen MR) is 120 cm³/mol. The molecule has 0 aliphatic carbocycles. The summed E-state index contributed by atoms with van der Waals surface area (Å²) in [6.45, 7) is 5.92. The largest absolute Gasteiger partial charge is 1.00 e. The van der Waals surface area contributed by atoms with E-state index in [0.29, 0.717) is 43.9 Å². The molecular weight excluding hydrogens is 455 g/mol.